The van der Waals surface area contributed by atoms with Crippen LogP contribution in [0.3, 0.4) is 0 Å². The Morgan fingerprint density at radius 1 is 0.761 bits per heavy atom. The van der Waals surface area contributed by atoms with Crippen LogP contribution in [0.2, 0.25) is 20.1 Å². The molecule has 1 N–H and O–H groups in total. The smallest absolute Gasteiger partial charge is 0.264 e. The number of hydrogen-bond donors (Lipinski definition) is 1. The molecule has 2 amide bonds. The van der Waals surface area contributed by atoms with Crippen LogP contribution in [0.25, 0.3) is 0 Å². The maximum Gasteiger partial charge on any atom is 0.264 e. The van der Waals surface area contributed by atoms with E-state index in [4.69, 9.17) is 46.4 Å². The summed E-state index contributed by atoms with van der Waals surface area (Å²) in [6.07, 6.45) is 0.156. The molecule has 4 aromatic carbocycles. The van der Waals surface area contributed by atoms with E-state index in [0.717, 1.165) is 9.87 Å². The summed E-state index contributed by atoms with van der Waals surface area (Å²) >= 11 is 25.2. The zero-order valence-corrected chi connectivity index (χ0v) is 29.2. The maximum atomic E-state index is 14.6. The number of sulfonamides is 1. The fraction of sp³-hybridized carbons (Fsp3) is 0.235. The van der Waals surface area contributed by atoms with Gasteiger partial charge in [-0.1, -0.05) is 101 Å². The van der Waals surface area contributed by atoms with Gasteiger partial charge in [-0.25, -0.2) is 8.42 Å². The quantitative estimate of drug-likeness (QED) is 0.170. The Morgan fingerprint density at radius 3 is 1.98 bits per heavy atom. The van der Waals surface area contributed by atoms with Gasteiger partial charge in [0.15, 0.2) is 0 Å². The number of amides is 2. The summed E-state index contributed by atoms with van der Waals surface area (Å²) in [5.41, 5.74) is 0.824. The third kappa shape index (κ3) is 9.17. The second kappa shape index (κ2) is 15.1. The molecule has 12 heteroatoms. The predicted molar refractivity (Wildman–Crippen MR) is 186 cm³/mol. The number of nitrogens with zero attached hydrogens (tertiary/aromatic N) is 2. The zero-order chi connectivity index (χ0) is 33.6. The van der Waals surface area contributed by atoms with Crippen LogP contribution in [0.1, 0.15) is 31.9 Å². The van der Waals surface area contributed by atoms with Crippen molar-refractivity contribution < 1.29 is 18.0 Å². The van der Waals surface area contributed by atoms with Gasteiger partial charge in [0.25, 0.3) is 10.0 Å². The van der Waals surface area contributed by atoms with Crippen LogP contribution in [-0.2, 0) is 32.6 Å². The molecule has 0 fully saturated rings. The molecular weight excluding hydrogens is 688 g/mol. The zero-order valence-electron chi connectivity index (χ0n) is 25.4. The minimum absolute atomic E-state index is 0.0298. The van der Waals surface area contributed by atoms with E-state index in [1.165, 1.54) is 35.2 Å². The first kappa shape index (κ1) is 35.6. The molecule has 1 unspecified atom stereocenters. The molecule has 0 aliphatic heterocycles. The summed E-state index contributed by atoms with van der Waals surface area (Å²) in [6, 6.07) is 25.2. The number of halogens is 4. The van der Waals surface area contributed by atoms with Gasteiger partial charge < -0.3 is 10.2 Å². The largest absolute Gasteiger partial charge is 0.350 e. The van der Waals surface area contributed by atoms with E-state index >= 15 is 0 Å². The monoisotopic (exact) mass is 719 g/mol. The summed E-state index contributed by atoms with van der Waals surface area (Å²) < 4.78 is 29.1. The third-order valence-corrected chi connectivity index (χ3v) is 9.95. The number of carbonyl (C=O) groups is 2. The van der Waals surface area contributed by atoms with E-state index in [0.29, 0.717) is 15.6 Å². The van der Waals surface area contributed by atoms with Gasteiger partial charge in [-0.2, -0.15) is 0 Å². The van der Waals surface area contributed by atoms with Crippen molar-refractivity contribution in [3.63, 3.8) is 0 Å². The second-order valence-electron chi connectivity index (χ2n) is 11.6. The van der Waals surface area contributed by atoms with E-state index in [2.05, 4.69) is 5.32 Å². The van der Waals surface area contributed by atoms with E-state index in [-0.39, 0.29) is 33.6 Å². The van der Waals surface area contributed by atoms with Crippen molar-refractivity contribution in [1.29, 1.82) is 0 Å². The molecule has 0 aliphatic rings. The number of benzene rings is 4. The molecule has 0 heterocycles. The standard InChI is InChI=1S/C34H33Cl4N3O4S/c1-34(2,3)39-33(43)31(19-23-10-6-4-7-11-23)40(21-24-14-16-27(36)28(37)18-24)32(42)22-41(30-17-15-25(35)20-29(30)38)46(44,45)26-12-8-5-9-13-26/h4-18,20,31H,19,21-22H2,1-3H3,(H,39,43). The highest BCUT2D eigenvalue weighted by molar-refractivity contribution is 7.92. The number of rotatable bonds is 11. The second-order valence-corrected chi connectivity index (χ2v) is 15.2. The van der Waals surface area contributed by atoms with Crippen molar-refractivity contribution in [2.75, 3.05) is 10.8 Å². The van der Waals surface area contributed by atoms with Crippen molar-refractivity contribution in [2.24, 2.45) is 0 Å². The molecule has 0 bridgehead atoms. The molecule has 7 nitrogen and oxygen atoms in total. The van der Waals surface area contributed by atoms with Crippen LogP contribution < -0.4 is 9.62 Å². The van der Waals surface area contributed by atoms with Gasteiger partial charge in [0.1, 0.15) is 12.6 Å². The molecule has 0 aromatic heterocycles. The van der Waals surface area contributed by atoms with Crippen molar-refractivity contribution in [3.05, 3.63) is 128 Å². The number of carbonyl (C=O) groups excluding carboxylic acids is 2. The van der Waals surface area contributed by atoms with Gasteiger partial charge in [-0.05, 0) is 74.4 Å². The predicted octanol–water partition coefficient (Wildman–Crippen LogP) is 8.05. The summed E-state index contributed by atoms with van der Waals surface area (Å²) in [5, 5.41) is 3.91. The van der Waals surface area contributed by atoms with Crippen molar-refractivity contribution >= 4 is 73.9 Å². The van der Waals surface area contributed by atoms with Crippen LogP contribution in [0.5, 0.6) is 0 Å². The molecule has 0 saturated heterocycles. The lowest BCUT2D eigenvalue weighted by Crippen LogP contribution is -2.56. The molecular formula is C34H33Cl4N3O4S. The van der Waals surface area contributed by atoms with Crippen molar-refractivity contribution in [1.82, 2.24) is 10.2 Å². The highest BCUT2D eigenvalue weighted by atomic mass is 35.5. The molecule has 0 aliphatic carbocycles. The molecule has 0 spiro atoms. The highest BCUT2D eigenvalue weighted by Gasteiger charge is 2.36. The first-order valence-corrected chi connectivity index (χ1v) is 17.2. The molecule has 46 heavy (non-hydrogen) atoms. The molecule has 4 rings (SSSR count). The average Bonchev–Trinajstić information content (AvgIpc) is 2.99. The van der Waals surface area contributed by atoms with Gasteiger partial charge in [-0.15, -0.1) is 0 Å². The number of hydrogen-bond acceptors (Lipinski definition) is 4. The van der Waals surface area contributed by atoms with E-state index in [1.807, 2.05) is 51.1 Å². The fourth-order valence-electron chi connectivity index (χ4n) is 4.76. The first-order chi connectivity index (χ1) is 21.7. The van der Waals surface area contributed by atoms with Gasteiger partial charge >= 0.3 is 0 Å². The summed E-state index contributed by atoms with van der Waals surface area (Å²) in [4.78, 5) is 29.8. The van der Waals surface area contributed by atoms with Crippen LogP contribution in [-0.4, -0.2) is 43.3 Å². The van der Waals surface area contributed by atoms with Crippen molar-refractivity contribution in [2.45, 2.75) is 50.2 Å². The van der Waals surface area contributed by atoms with Gasteiger partial charge in [0.2, 0.25) is 11.8 Å². The lowest BCUT2D eigenvalue weighted by Gasteiger charge is -2.35. The van der Waals surface area contributed by atoms with Gasteiger partial charge in [0.05, 0.1) is 25.7 Å². The Morgan fingerprint density at radius 2 is 1.39 bits per heavy atom. The summed E-state index contributed by atoms with van der Waals surface area (Å²) in [5.74, 6) is -1.06. The van der Waals surface area contributed by atoms with Gasteiger partial charge in [-0.3, -0.25) is 13.9 Å². The Hall–Kier alpha value is -3.27. The van der Waals surface area contributed by atoms with Crippen LogP contribution in [0.15, 0.2) is 102 Å². The SMILES string of the molecule is CC(C)(C)NC(=O)C(Cc1ccccc1)N(Cc1ccc(Cl)c(Cl)c1)C(=O)CN(c1ccc(Cl)cc1Cl)S(=O)(=O)c1ccccc1. The lowest BCUT2D eigenvalue weighted by molar-refractivity contribution is -0.140. The maximum absolute atomic E-state index is 14.6. The van der Waals surface area contributed by atoms with E-state index in [9.17, 15) is 18.0 Å². The molecule has 1 atom stereocenters. The van der Waals surface area contributed by atoms with Crippen LogP contribution >= 0.6 is 46.4 Å². The fourth-order valence-corrected chi connectivity index (χ4v) is 7.09. The molecule has 0 radical (unpaired) electrons. The van der Waals surface area contributed by atoms with Gasteiger partial charge in [0, 0.05) is 23.5 Å². The molecule has 4 aromatic rings. The first-order valence-electron chi connectivity index (χ1n) is 14.3. The number of anilines is 1. The third-order valence-electron chi connectivity index (χ3n) is 6.89. The summed E-state index contributed by atoms with van der Waals surface area (Å²) in [6.45, 7) is 4.78. The minimum Gasteiger partial charge on any atom is -0.350 e. The summed E-state index contributed by atoms with van der Waals surface area (Å²) in [7, 11) is -4.32. The Labute approximate surface area is 290 Å². The lowest BCUT2D eigenvalue weighted by atomic mass is 10.0. The normalized spacial score (nSPS) is 12.3. The highest BCUT2D eigenvalue weighted by Crippen LogP contribution is 2.33. The Bertz CT molecular complexity index is 1800. The minimum atomic E-state index is -4.32. The van der Waals surface area contributed by atoms with Crippen molar-refractivity contribution in [3.8, 4) is 0 Å². The Kier molecular flexibility index (Phi) is 11.7. The van der Waals surface area contributed by atoms with Crippen LogP contribution in [0.4, 0.5) is 5.69 Å². The van der Waals surface area contributed by atoms with E-state index < -0.39 is 40.0 Å². The van der Waals surface area contributed by atoms with E-state index in [1.54, 1.807) is 36.4 Å². The topological polar surface area (TPSA) is 86.8 Å². The average molecular weight is 722 g/mol. The Balaban J connectivity index is 1.85. The molecule has 242 valence electrons. The van der Waals surface area contributed by atoms with Crippen LogP contribution in [0, 0.1) is 0 Å². The number of nitrogens with one attached hydrogen (secondary N) is 1. The molecule has 0 saturated carbocycles.